The first kappa shape index (κ1) is 19.1. The molecule has 0 saturated heterocycles. The van der Waals surface area contributed by atoms with E-state index in [0.717, 1.165) is 11.3 Å². The average molecular weight is 426 g/mol. The van der Waals surface area contributed by atoms with Crippen LogP contribution in [0.3, 0.4) is 0 Å². The highest BCUT2D eigenvalue weighted by molar-refractivity contribution is 7.14. The molecule has 1 aliphatic rings. The summed E-state index contributed by atoms with van der Waals surface area (Å²) in [6.45, 7) is 1.73. The Morgan fingerprint density at radius 2 is 1.93 bits per heavy atom. The topological polar surface area (TPSA) is 79.2 Å². The van der Waals surface area contributed by atoms with Gasteiger partial charge in [0.15, 0.2) is 5.71 Å². The number of nitrogens with one attached hydrogen (secondary N) is 1. The molecule has 2 heterocycles. The van der Waals surface area contributed by atoms with E-state index in [1.165, 1.54) is 16.3 Å². The molecule has 0 atom stereocenters. The standard InChI is InChI=1S/C20H16ClN5O2S/c1-12-18(24-23-15-5-3-4-6-17(15)28-2)19(27)26(25-12)20-22-16(11-29-20)13-7-9-14(21)10-8-13/h3-11,23H,1-2H3/b24-18+. The number of halogens is 1. The van der Waals surface area contributed by atoms with Gasteiger partial charge >= 0.3 is 5.91 Å². The first-order valence-corrected chi connectivity index (χ1v) is 9.91. The van der Waals surface area contributed by atoms with Crippen LogP contribution < -0.4 is 15.2 Å². The smallest absolute Gasteiger partial charge is 0.303 e. The molecule has 9 heteroatoms. The van der Waals surface area contributed by atoms with Crippen molar-refractivity contribution >= 4 is 51.1 Å². The number of anilines is 2. The molecule has 0 radical (unpaired) electrons. The molecule has 7 nitrogen and oxygen atoms in total. The lowest BCUT2D eigenvalue weighted by Crippen LogP contribution is -2.27. The van der Waals surface area contributed by atoms with E-state index in [4.69, 9.17) is 16.3 Å². The second-order valence-corrected chi connectivity index (χ2v) is 7.37. The number of benzene rings is 2. The second-order valence-electron chi connectivity index (χ2n) is 6.10. The average Bonchev–Trinajstić information content (AvgIpc) is 3.32. The van der Waals surface area contributed by atoms with Crippen LogP contribution in [0.25, 0.3) is 11.3 Å². The molecule has 146 valence electrons. The number of aromatic nitrogens is 1. The number of ether oxygens (including phenoxy) is 1. The van der Waals surface area contributed by atoms with E-state index in [1.54, 1.807) is 32.2 Å². The summed E-state index contributed by atoms with van der Waals surface area (Å²) >= 11 is 7.27. The summed E-state index contributed by atoms with van der Waals surface area (Å²) in [5.74, 6) is 0.281. The second kappa shape index (κ2) is 8.02. The molecule has 0 saturated carbocycles. The summed E-state index contributed by atoms with van der Waals surface area (Å²) < 4.78 is 5.28. The van der Waals surface area contributed by atoms with Crippen molar-refractivity contribution in [1.82, 2.24) is 4.98 Å². The molecule has 0 bridgehead atoms. The quantitative estimate of drug-likeness (QED) is 0.603. The molecule has 0 unspecified atom stereocenters. The summed E-state index contributed by atoms with van der Waals surface area (Å²) in [5, 5.41) is 12.8. The molecular formula is C20H16ClN5O2S. The Bertz CT molecular complexity index is 1120. The fraction of sp³-hybridized carbons (Fsp3) is 0.100. The normalized spacial score (nSPS) is 15.0. The number of hydrazone groups is 2. The van der Waals surface area contributed by atoms with Crippen LogP contribution in [0.4, 0.5) is 10.8 Å². The van der Waals surface area contributed by atoms with Crippen LogP contribution >= 0.6 is 22.9 Å². The number of hydrogen-bond donors (Lipinski definition) is 1. The zero-order valence-electron chi connectivity index (χ0n) is 15.6. The van der Waals surface area contributed by atoms with Crippen molar-refractivity contribution in [3.8, 4) is 17.0 Å². The molecule has 2 aromatic carbocycles. The van der Waals surface area contributed by atoms with Gasteiger partial charge in [0.05, 0.1) is 24.2 Å². The number of carbonyl (C=O) groups is 1. The minimum Gasteiger partial charge on any atom is -0.495 e. The minimum absolute atomic E-state index is 0.221. The number of amides is 1. The fourth-order valence-corrected chi connectivity index (χ4v) is 3.63. The molecule has 1 N–H and O–H groups in total. The molecule has 4 rings (SSSR count). The van der Waals surface area contributed by atoms with Crippen molar-refractivity contribution in [2.45, 2.75) is 6.92 Å². The van der Waals surface area contributed by atoms with Crippen LogP contribution in [-0.4, -0.2) is 29.4 Å². The van der Waals surface area contributed by atoms with E-state index in [1.807, 2.05) is 35.7 Å². The van der Waals surface area contributed by atoms with E-state index in [-0.39, 0.29) is 11.6 Å². The molecular weight excluding hydrogens is 410 g/mol. The van der Waals surface area contributed by atoms with Crippen molar-refractivity contribution in [2.24, 2.45) is 10.2 Å². The summed E-state index contributed by atoms with van der Waals surface area (Å²) in [6, 6.07) is 14.7. The van der Waals surface area contributed by atoms with E-state index >= 15 is 0 Å². The van der Waals surface area contributed by atoms with Crippen LogP contribution in [0.1, 0.15) is 6.92 Å². The number of methoxy groups -OCH3 is 1. The largest absolute Gasteiger partial charge is 0.495 e. The van der Waals surface area contributed by atoms with Crippen LogP contribution in [0.15, 0.2) is 64.1 Å². The summed E-state index contributed by atoms with van der Waals surface area (Å²) in [7, 11) is 1.57. The third-order valence-electron chi connectivity index (χ3n) is 4.20. The summed E-state index contributed by atoms with van der Waals surface area (Å²) in [4.78, 5) is 17.4. The predicted octanol–water partition coefficient (Wildman–Crippen LogP) is 4.66. The highest BCUT2D eigenvalue weighted by Gasteiger charge is 2.32. The summed E-state index contributed by atoms with van der Waals surface area (Å²) in [5.41, 5.74) is 5.92. The first-order chi connectivity index (χ1) is 14.1. The number of para-hydroxylation sites is 2. The third-order valence-corrected chi connectivity index (χ3v) is 5.26. The number of thiazole rings is 1. The van der Waals surface area contributed by atoms with E-state index in [9.17, 15) is 4.79 Å². The molecule has 1 amide bonds. The maximum atomic E-state index is 12.8. The Morgan fingerprint density at radius 1 is 1.17 bits per heavy atom. The van der Waals surface area contributed by atoms with Gasteiger partial charge in [-0.1, -0.05) is 35.9 Å². The van der Waals surface area contributed by atoms with E-state index in [0.29, 0.717) is 27.3 Å². The van der Waals surface area contributed by atoms with Crippen molar-refractivity contribution < 1.29 is 9.53 Å². The van der Waals surface area contributed by atoms with Crippen LogP contribution in [0.5, 0.6) is 5.75 Å². The Labute approximate surface area is 176 Å². The monoisotopic (exact) mass is 425 g/mol. The van der Waals surface area contributed by atoms with Gasteiger partial charge in [-0.3, -0.25) is 10.2 Å². The molecule has 0 aliphatic carbocycles. The molecule has 3 aromatic rings. The van der Waals surface area contributed by atoms with Crippen molar-refractivity contribution in [2.75, 3.05) is 17.5 Å². The van der Waals surface area contributed by atoms with Gasteiger partial charge in [-0.05, 0) is 31.2 Å². The lowest BCUT2D eigenvalue weighted by molar-refractivity contribution is -0.112. The van der Waals surface area contributed by atoms with Crippen LogP contribution in [-0.2, 0) is 4.79 Å². The highest BCUT2D eigenvalue weighted by atomic mass is 35.5. The molecule has 29 heavy (non-hydrogen) atoms. The van der Waals surface area contributed by atoms with Gasteiger partial charge in [-0.2, -0.15) is 15.2 Å². The first-order valence-electron chi connectivity index (χ1n) is 8.65. The van der Waals surface area contributed by atoms with Crippen molar-refractivity contribution in [3.05, 3.63) is 58.9 Å². The van der Waals surface area contributed by atoms with Gasteiger partial charge in [0.2, 0.25) is 5.13 Å². The van der Waals surface area contributed by atoms with Gasteiger partial charge in [0.1, 0.15) is 5.75 Å². The van der Waals surface area contributed by atoms with Crippen molar-refractivity contribution in [1.29, 1.82) is 0 Å². The van der Waals surface area contributed by atoms with Crippen LogP contribution in [0.2, 0.25) is 5.02 Å². The van der Waals surface area contributed by atoms with Gasteiger partial charge in [0, 0.05) is 16.0 Å². The lowest BCUT2D eigenvalue weighted by atomic mass is 10.2. The Morgan fingerprint density at radius 3 is 2.69 bits per heavy atom. The fourth-order valence-electron chi connectivity index (χ4n) is 2.72. The Balaban J connectivity index is 1.55. The maximum absolute atomic E-state index is 12.8. The van der Waals surface area contributed by atoms with Gasteiger partial charge < -0.3 is 4.74 Å². The SMILES string of the molecule is COc1ccccc1N/N=C1/C(=O)N(c2nc(-c3ccc(Cl)cc3)cs2)N=C1C. The molecule has 1 aromatic heterocycles. The number of nitrogens with zero attached hydrogens (tertiary/aromatic N) is 4. The molecule has 0 fully saturated rings. The van der Waals surface area contributed by atoms with Crippen molar-refractivity contribution in [3.63, 3.8) is 0 Å². The third kappa shape index (κ3) is 3.85. The predicted molar refractivity (Wildman–Crippen MR) is 117 cm³/mol. The number of rotatable bonds is 5. The Hall–Kier alpha value is -3.23. The Kier molecular flexibility index (Phi) is 5.28. The number of carbonyl (C=O) groups excluding carboxylic acids is 1. The summed E-state index contributed by atoms with van der Waals surface area (Å²) in [6.07, 6.45) is 0. The van der Waals surface area contributed by atoms with Crippen LogP contribution in [0, 0.1) is 0 Å². The minimum atomic E-state index is -0.345. The van der Waals surface area contributed by atoms with Gasteiger partial charge in [-0.25, -0.2) is 4.98 Å². The lowest BCUT2D eigenvalue weighted by Gasteiger charge is -2.08. The number of hydrogen-bond acceptors (Lipinski definition) is 7. The maximum Gasteiger partial charge on any atom is 0.303 e. The molecule has 1 aliphatic heterocycles. The molecule has 0 spiro atoms. The van der Waals surface area contributed by atoms with Gasteiger partial charge in [-0.15, -0.1) is 11.3 Å². The van der Waals surface area contributed by atoms with Gasteiger partial charge in [0.25, 0.3) is 0 Å². The zero-order valence-corrected chi connectivity index (χ0v) is 17.2. The van der Waals surface area contributed by atoms with E-state index < -0.39 is 0 Å². The highest BCUT2D eigenvalue weighted by Crippen LogP contribution is 2.30. The zero-order chi connectivity index (χ0) is 20.4. The van der Waals surface area contributed by atoms with E-state index in [2.05, 4.69) is 20.6 Å².